The van der Waals surface area contributed by atoms with Crippen LogP contribution in [-0.4, -0.2) is 18.8 Å². The zero-order valence-electron chi connectivity index (χ0n) is 9.63. The van der Waals surface area contributed by atoms with Crippen molar-refractivity contribution in [2.24, 2.45) is 0 Å². The second-order valence-electron chi connectivity index (χ2n) is 3.68. The predicted molar refractivity (Wildman–Crippen MR) is 56.4 cm³/mol. The predicted octanol–water partition coefficient (Wildman–Crippen LogP) is 3.42. The smallest absolute Gasteiger partial charge is 0.390 e. The highest BCUT2D eigenvalue weighted by Gasteiger charge is 2.37. The molecule has 6 heteroatoms. The molecule has 0 aromatic heterocycles. The summed E-state index contributed by atoms with van der Waals surface area (Å²) in [6.07, 6.45) is -5.82. The summed E-state index contributed by atoms with van der Waals surface area (Å²) in [6.45, 7) is 1.50. The monoisotopic (exact) mass is 264 g/mol. The molecule has 0 bridgehead atoms. The van der Waals surface area contributed by atoms with E-state index in [0.29, 0.717) is 0 Å². The van der Waals surface area contributed by atoms with Crippen molar-refractivity contribution in [1.29, 1.82) is 0 Å². The van der Waals surface area contributed by atoms with Gasteiger partial charge in [-0.2, -0.15) is 13.2 Å². The van der Waals surface area contributed by atoms with Crippen LogP contribution < -0.4 is 0 Å². The number of carbonyl (C=O) groups excluding carboxylic acids is 1. The molecule has 1 aromatic carbocycles. The molecule has 0 unspecified atom stereocenters. The van der Waals surface area contributed by atoms with Crippen molar-refractivity contribution in [2.45, 2.75) is 25.4 Å². The maximum absolute atomic E-state index is 12.7. The summed E-state index contributed by atoms with van der Waals surface area (Å²) in [5, 5.41) is 0. The van der Waals surface area contributed by atoms with Crippen LogP contribution in [0.15, 0.2) is 24.3 Å². The number of benzene rings is 1. The fourth-order valence-electron chi connectivity index (χ4n) is 1.51. The molecule has 0 aliphatic carbocycles. The average Bonchev–Trinajstić information content (AvgIpc) is 2.26. The maximum Gasteiger partial charge on any atom is 0.390 e. The Kier molecular flexibility index (Phi) is 4.69. The molecule has 0 spiro atoms. The molecule has 0 saturated heterocycles. The van der Waals surface area contributed by atoms with Crippen molar-refractivity contribution in [3.63, 3.8) is 0 Å². The number of hydrogen-bond donors (Lipinski definition) is 0. The first kappa shape index (κ1) is 14.5. The van der Waals surface area contributed by atoms with E-state index in [9.17, 15) is 22.4 Å². The van der Waals surface area contributed by atoms with Gasteiger partial charge >= 0.3 is 12.1 Å². The molecule has 0 amide bonds. The van der Waals surface area contributed by atoms with Gasteiger partial charge in [0.25, 0.3) is 0 Å². The van der Waals surface area contributed by atoms with Gasteiger partial charge in [-0.3, -0.25) is 4.79 Å². The highest BCUT2D eigenvalue weighted by Crippen LogP contribution is 2.32. The minimum atomic E-state index is -4.49. The van der Waals surface area contributed by atoms with Crippen LogP contribution in [0, 0.1) is 5.82 Å². The maximum atomic E-state index is 12.7. The Morgan fingerprint density at radius 1 is 1.28 bits per heavy atom. The quantitative estimate of drug-likeness (QED) is 0.615. The summed E-state index contributed by atoms with van der Waals surface area (Å²) >= 11 is 0. The third kappa shape index (κ3) is 4.35. The largest absolute Gasteiger partial charge is 0.466 e. The number of halogens is 4. The van der Waals surface area contributed by atoms with E-state index in [-0.39, 0.29) is 12.2 Å². The van der Waals surface area contributed by atoms with E-state index in [1.807, 2.05) is 0 Å². The summed E-state index contributed by atoms with van der Waals surface area (Å²) in [4.78, 5) is 11.5. The molecular weight excluding hydrogens is 252 g/mol. The highest BCUT2D eigenvalue weighted by atomic mass is 19.4. The number of rotatable bonds is 4. The molecule has 0 aliphatic rings. The Hall–Kier alpha value is -1.59. The van der Waals surface area contributed by atoms with Crippen molar-refractivity contribution >= 4 is 5.97 Å². The van der Waals surface area contributed by atoms with E-state index >= 15 is 0 Å². The third-order valence-electron chi connectivity index (χ3n) is 2.28. The van der Waals surface area contributed by atoms with Gasteiger partial charge in [-0.05, 0) is 24.6 Å². The molecule has 1 atom stereocenters. The molecule has 2 nitrogen and oxygen atoms in total. The Morgan fingerprint density at radius 2 is 1.83 bits per heavy atom. The lowest BCUT2D eigenvalue weighted by Crippen LogP contribution is -2.22. The zero-order valence-corrected chi connectivity index (χ0v) is 9.63. The number of carbonyl (C=O) groups is 1. The molecule has 0 saturated carbocycles. The van der Waals surface area contributed by atoms with Gasteiger partial charge in [0.2, 0.25) is 0 Å². The highest BCUT2D eigenvalue weighted by molar-refractivity contribution is 5.78. The lowest BCUT2D eigenvalue weighted by atomic mass is 9.95. The molecule has 0 fully saturated rings. The number of alkyl halides is 3. The summed E-state index contributed by atoms with van der Waals surface area (Å²) in [6, 6.07) is 4.33. The minimum absolute atomic E-state index is 0.00557. The number of esters is 1. The Balaban J connectivity index is 2.96. The van der Waals surface area contributed by atoms with Crippen molar-refractivity contribution in [3.05, 3.63) is 35.6 Å². The summed E-state index contributed by atoms with van der Waals surface area (Å²) in [5.74, 6) is -2.99. The first-order valence-electron chi connectivity index (χ1n) is 5.32. The van der Waals surface area contributed by atoms with Crippen molar-refractivity contribution < 1.29 is 27.1 Å². The van der Waals surface area contributed by atoms with Gasteiger partial charge in [-0.25, -0.2) is 4.39 Å². The van der Waals surface area contributed by atoms with Gasteiger partial charge in [0.1, 0.15) is 5.82 Å². The van der Waals surface area contributed by atoms with Crippen LogP contribution >= 0.6 is 0 Å². The fraction of sp³-hybridized carbons (Fsp3) is 0.417. The van der Waals surface area contributed by atoms with Gasteiger partial charge < -0.3 is 4.74 Å². The molecule has 0 radical (unpaired) electrons. The Bertz CT molecular complexity index is 398. The molecule has 1 aromatic rings. The van der Waals surface area contributed by atoms with Crippen LogP contribution in [0.2, 0.25) is 0 Å². The molecule has 0 heterocycles. The molecule has 1 rings (SSSR count). The SMILES string of the molecule is CCOC(=O)[C@H](CC(F)(F)F)c1ccc(F)cc1. The first-order chi connectivity index (χ1) is 8.33. The lowest BCUT2D eigenvalue weighted by Gasteiger charge is -2.17. The van der Waals surface area contributed by atoms with Crippen LogP contribution in [0.25, 0.3) is 0 Å². The summed E-state index contributed by atoms with van der Waals surface area (Å²) < 4.78 is 54.5. The van der Waals surface area contributed by atoms with Crippen LogP contribution in [0.4, 0.5) is 17.6 Å². The van der Waals surface area contributed by atoms with Crippen LogP contribution in [0.5, 0.6) is 0 Å². The van der Waals surface area contributed by atoms with Gasteiger partial charge in [-0.1, -0.05) is 12.1 Å². The minimum Gasteiger partial charge on any atom is -0.466 e. The van der Waals surface area contributed by atoms with Gasteiger partial charge in [0, 0.05) is 0 Å². The summed E-state index contributed by atoms with van der Waals surface area (Å²) in [7, 11) is 0. The van der Waals surface area contributed by atoms with Crippen molar-refractivity contribution in [1.82, 2.24) is 0 Å². The van der Waals surface area contributed by atoms with Crippen LogP contribution in [0.3, 0.4) is 0 Å². The van der Waals surface area contributed by atoms with E-state index < -0.39 is 30.3 Å². The van der Waals surface area contributed by atoms with Gasteiger partial charge in [-0.15, -0.1) is 0 Å². The Labute approximate surface area is 102 Å². The third-order valence-corrected chi connectivity index (χ3v) is 2.28. The van der Waals surface area contributed by atoms with Crippen molar-refractivity contribution in [3.8, 4) is 0 Å². The molecule has 18 heavy (non-hydrogen) atoms. The fourth-order valence-corrected chi connectivity index (χ4v) is 1.51. The normalized spacial score (nSPS) is 13.2. The second kappa shape index (κ2) is 5.84. The molecule has 0 N–H and O–H groups in total. The van der Waals surface area contributed by atoms with Gasteiger partial charge in [0.15, 0.2) is 0 Å². The van der Waals surface area contributed by atoms with Crippen LogP contribution in [-0.2, 0) is 9.53 Å². The second-order valence-corrected chi connectivity index (χ2v) is 3.68. The first-order valence-corrected chi connectivity index (χ1v) is 5.32. The van der Waals surface area contributed by atoms with E-state index in [1.165, 1.54) is 6.92 Å². The lowest BCUT2D eigenvalue weighted by molar-refractivity contribution is -0.161. The molecule has 0 aliphatic heterocycles. The summed E-state index contributed by atoms with van der Waals surface area (Å²) in [5.41, 5.74) is 0.0900. The van der Waals surface area contributed by atoms with Crippen molar-refractivity contribution in [2.75, 3.05) is 6.61 Å². The molecular formula is C12H12F4O2. The van der Waals surface area contributed by atoms with Crippen LogP contribution in [0.1, 0.15) is 24.8 Å². The Morgan fingerprint density at radius 3 is 2.28 bits per heavy atom. The number of ether oxygens (including phenoxy) is 1. The van der Waals surface area contributed by atoms with E-state index in [4.69, 9.17) is 0 Å². The molecule has 100 valence electrons. The van der Waals surface area contributed by atoms with Gasteiger partial charge in [0.05, 0.1) is 18.9 Å². The van der Waals surface area contributed by atoms with E-state index in [1.54, 1.807) is 0 Å². The topological polar surface area (TPSA) is 26.3 Å². The van der Waals surface area contributed by atoms with E-state index in [0.717, 1.165) is 24.3 Å². The van der Waals surface area contributed by atoms with E-state index in [2.05, 4.69) is 4.74 Å². The standard InChI is InChI=1S/C12H12F4O2/c1-2-18-11(17)10(7-12(14,15)16)8-3-5-9(13)6-4-8/h3-6,10H,2,7H2,1H3/t10-/m1/s1. The zero-order chi connectivity index (χ0) is 13.8. The number of hydrogen-bond acceptors (Lipinski definition) is 2. The average molecular weight is 264 g/mol.